The molecule has 0 amide bonds. The number of nitrogens with zero attached hydrogens (tertiary/aromatic N) is 3. The van der Waals surface area contributed by atoms with Gasteiger partial charge in [0.1, 0.15) is 0 Å². The van der Waals surface area contributed by atoms with Crippen molar-refractivity contribution >= 4 is 9.84 Å². The van der Waals surface area contributed by atoms with Gasteiger partial charge in [0.25, 0.3) is 0 Å². The van der Waals surface area contributed by atoms with Crippen molar-refractivity contribution < 1.29 is 13.5 Å². The molecule has 3 rings (SSSR count). The Kier molecular flexibility index (Phi) is 4.76. The van der Waals surface area contributed by atoms with Crippen molar-refractivity contribution in [3.05, 3.63) is 47.8 Å². The second-order valence-corrected chi connectivity index (χ2v) is 8.47. The standard InChI is InChI=1S/C17H23N3O3S/c1-19-11-14(10-18-19)16-4-3-9-20(16)12-17(21)13-5-7-15(8-6-13)24(2,22)23/h5-8,10-11,16-17,21H,3-4,9,12H2,1-2H3/t16-,17+/m0/s1. The van der Waals surface area contributed by atoms with Gasteiger partial charge in [-0.2, -0.15) is 5.10 Å². The highest BCUT2D eigenvalue weighted by molar-refractivity contribution is 7.90. The third-order valence-electron chi connectivity index (χ3n) is 4.57. The van der Waals surface area contributed by atoms with Crippen LogP contribution in [0, 0.1) is 0 Å². The predicted octanol–water partition coefficient (Wildman–Crippen LogP) is 1.69. The number of hydrogen-bond acceptors (Lipinski definition) is 5. The van der Waals surface area contributed by atoms with Gasteiger partial charge in [0.05, 0.1) is 17.2 Å². The highest BCUT2D eigenvalue weighted by Gasteiger charge is 2.28. The molecule has 0 bridgehead atoms. The molecular formula is C17H23N3O3S. The molecule has 0 unspecified atom stereocenters. The lowest BCUT2D eigenvalue weighted by molar-refractivity contribution is 0.106. The normalized spacial score (nSPS) is 20.4. The molecule has 1 N–H and O–H groups in total. The molecule has 7 heteroatoms. The van der Waals surface area contributed by atoms with Crippen molar-refractivity contribution in [2.45, 2.75) is 29.9 Å². The Labute approximate surface area is 142 Å². The summed E-state index contributed by atoms with van der Waals surface area (Å²) in [6, 6.07) is 6.77. The third-order valence-corrected chi connectivity index (χ3v) is 5.70. The van der Waals surface area contributed by atoms with Crippen molar-refractivity contribution in [1.29, 1.82) is 0 Å². The number of benzene rings is 1. The van der Waals surface area contributed by atoms with Crippen LogP contribution in [0.4, 0.5) is 0 Å². The van der Waals surface area contributed by atoms with Crippen LogP contribution in [0.15, 0.2) is 41.6 Å². The van der Waals surface area contributed by atoms with E-state index in [1.54, 1.807) is 28.9 Å². The summed E-state index contributed by atoms with van der Waals surface area (Å²) in [4.78, 5) is 2.54. The number of sulfone groups is 1. The Bertz CT molecular complexity index is 799. The molecule has 0 saturated carbocycles. The number of aliphatic hydroxyl groups is 1. The van der Waals surface area contributed by atoms with E-state index in [1.807, 2.05) is 19.4 Å². The van der Waals surface area contributed by atoms with Crippen LogP contribution in [-0.4, -0.2) is 47.6 Å². The van der Waals surface area contributed by atoms with Crippen LogP contribution in [0.1, 0.15) is 36.1 Å². The number of β-amino-alcohol motifs (C(OH)–C–C–N with tert-alkyl or cyclic N) is 1. The van der Waals surface area contributed by atoms with Gasteiger partial charge in [0.15, 0.2) is 9.84 Å². The van der Waals surface area contributed by atoms with Crippen molar-refractivity contribution in [3.63, 3.8) is 0 Å². The van der Waals surface area contributed by atoms with E-state index >= 15 is 0 Å². The number of aryl methyl sites for hydroxylation is 1. The SMILES string of the molecule is Cn1cc([C@@H]2CCCN2C[C@@H](O)c2ccc(S(C)(=O)=O)cc2)cn1. The molecule has 24 heavy (non-hydrogen) atoms. The first-order chi connectivity index (χ1) is 11.3. The van der Waals surface area contributed by atoms with Crippen molar-refractivity contribution in [3.8, 4) is 0 Å². The zero-order chi connectivity index (χ0) is 17.3. The maximum atomic E-state index is 11.5. The van der Waals surface area contributed by atoms with E-state index in [2.05, 4.69) is 10.00 Å². The smallest absolute Gasteiger partial charge is 0.175 e. The van der Waals surface area contributed by atoms with Crippen LogP contribution < -0.4 is 0 Å². The molecule has 1 fully saturated rings. The molecule has 2 atom stereocenters. The molecule has 1 saturated heterocycles. The molecule has 130 valence electrons. The lowest BCUT2D eigenvalue weighted by atomic mass is 10.1. The van der Waals surface area contributed by atoms with E-state index in [4.69, 9.17) is 0 Å². The van der Waals surface area contributed by atoms with Crippen LogP contribution in [0.2, 0.25) is 0 Å². The molecule has 1 aliphatic heterocycles. The Morgan fingerprint density at radius 2 is 2.04 bits per heavy atom. The van der Waals surface area contributed by atoms with E-state index in [0.717, 1.165) is 24.9 Å². The molecule has 2 aromatic rings. The fourth-order valence-electron chi connectivity index (χ4n) is 3.30. The molecule has 0 radical (unpaired) electrons. The predicted molar refractivity (Wildman–Crippen MR) is 91.3 cm³/mol. The van der Waals surface area contributed by atoms with Crippen LogP contribution in [0.5, 0.6) is 0 Å². The zero-order valence-electron chi connectivity index (χ0n) is 14.0. The molecule has 1 aliphatic rings. The van der Waals surface area contributed by atoms with E-state index in [-0.39, 0.29) is 10.9 Å². The Morgan fingerprint density at radius 3 is 2.62 bits per heavy atom. The average molecular weight is 349 g/mol. The van der Waals surface area contributed by atoms with Gasteiger partial charge in [0, 0.05) is 37.7 Å². The van der Waals surface area contributed by atoms with Gasteiger partial charge in [-0.05, 0) is 37.1 Å². The summed E-state index contributed by atoms with van der Waals surface area (Å²) in [6.45, 7) is 1.47. The monoisotopic (exact) mass is 349 g/mol. The Hall–Kier alpha value is -1.70. The zero-order valence-corrected chi connectivity index (χ0v) is 14.8. The molecule has 1 aromatic carbocycles. The minimum absolute atomic E-state index is 0.271. The summed E-state index contributed by atoms with van der Waals surface area (Å²) < 4.78 is 24.8. The first-order valence-electron chi connectivity index (χ1n) is 8.05. The fourth-order valence-corrected chi connectivity index (χ4v) is 3.93. The van der Waals surface area contributed by atoms with Crippen molar-refractivity contribution in [2.75, 3.05) is 19.3 Å². The summed E-state index contributed by atoms with van der Waals surface area (Å²) in [6.07, 6.45) is 6.61. The minimum atomic E-state index is -3.21. The topological polar surface area (TPSA) is 75.4 Å². The van der Waals surface area contributed by atoms with Crippen LogP contribution in [-0.2, 0) is 16.9 Å². The van der Waals surface area contributed by atoms with Gasteiger partial charge in [-0.1, -0.05) is 12.1 Å². The van der Waals surface area contributed by atoms with E-state index in [9.17, 15) is 13.5 Å². The Balaban J connectivity index is 1.70. The molecular weight excluding hydrogens is 326 g/mol. The van der Waals surface area contributed by atoms with Gasteiger partial charge in [0.2, 0.25) is 0 Å². The quantitative estimate of drug-likeness (QED) is 0.889. The van der Waals surface area contributed by atoms with Gasteiger partial charge >= 0.3 is 0 Å². The Morgan fingerprint density at radius 1 is 1.33 bits per heavy atom. The lowest BCUT2D eigenvalue weighted by Gasteiger charge is -2.26. The van der Waals surface area contributed by atoms with Gasteiger partial charge in [-0.3, -0.25) is 9.58 Å². The first kappa shape index (κ1) is 17.1. The summed E-state index contributed by atoms with van der Waals surface area (Å²) in [7, 11) is -1.31. The first-order valence-corrected chi connectivity index (χ1v) is 9.94. The van der Waals surface area contributed by atoms with Gasteiger partial charge in [-0.25, -0.2) is 8.42 Å². The third kappa shape index (κ3) is 3.68. The van der Waals surface area contributed by atoms with Crippen LogP contribution >= 0.6 is 0 Å². The van der Waals surface area contributed by atoms with Gasteiger partial charge < -0.3 is 5.11 Å². The van der Waals surface area contributed by atoms with Crippen molar-refractivity contribution in [1.82, 2.24) is 14.7 Å². The van der Waals surface area contributed by atoms with E-state index in [0.29, 0.717) is 6.54 Å². The van der Waals surface area contributed by atoms with Crippen LogP contribution in [0.3, 0.4) is 0 Å². The minimum Gasteiger partial charge on any atom is -0.387 e. The number of rotatable bonds is 5. The molecule has 0 spiro atoms. The van der Waals surface area contributed by atoms with Crippen molar-refractivity contribution in [2.24, 2.45) is 7.05 Å². The highest BCUT2D eigenvalue weighted by Crippen LogP contribution is 2.33. The summed E-state index contributed by atoms with van der Waals surface area (Å²) >= 11 is 0. The summed E-state index contributed by atoms with van der Waals surface area (Å²) in [5.74, 6) is 0. The number of hydrogen-bond donors (Lipinski definition) is 1. The lowest BCUT2D eigenvalue weighted by Crippen LogP contribution is -2.28. The molecule has 0 aliphatic carbocycles. The number of likely N-dealkylation sites (tertiary alicyclic amines) is 1. The summed E-state index contributed by atoms with van der Waals surface area (Å²) in [5.41, 5.74) is 1.91. The number of aromatic nitrogens is 2. The largest absolute Gasteiger partial charge is 0.387 e. The molecule has 2 heterocycles. The number of aliphatic hydroxyl groups excluding tert-OH is 1. The maximum absolute atomic E-state index is 11.5. The maximum Gasteiger partial charge on any atom is 0.175 e. The molecule has 1 aromatic heterocycles. The van der Waals surface area contributed by atoms with Gasteiger partial charge in [-0.15, -0.1) is 0 Å². The average Bonchev–Trinajstić information content (AvgIpc) is 3.15. The highest BCUT2D eigenvalue weighted by atomic mass is 32.2. The second kappa shape index (κ2) is 6.66. The van der Waals surface area contributed by atoms with Crippen LogP contribution in [0.25, 0.3) is 0 Å². The summed E-state index contributed by atoms with van der Waals surface area (Å²) in [5, 5.41) is 14.8. The second-order valence-electron chi connectivity index (χ2n) is 6.46. The van der Waals surface area contributed by atoms with E-state index < -0.39 is 15.9 Å². The fraction of sp³-hybridized carbons (Fsp3) is 0.471. The molecule has 6 nitrogen and oxygen atoms in total. The van der Waals surface area contributed by atoms with E-state index in [1.165, 1.54) is 11.8 Å².